The number of aryl methyl sites for hydroxylation is 3. The Hall–Kier alpha value is -6.56. The Morgan fingerprint density at radius 3 is 2.50 bits per heavy atom. The molecule has 0 amide bonds. The van der Waals surface area contributed by atoms with Crippen molar-refractivity contribution in [1.82, 2.24) is 23.9 Å². The molecular formula is C50H33N5O2Pt. The molecule has 6 aromatic carbocycles. The summed E-state index contributed by atoms with van der Waals surface area (Å²) < 4.78 is 17.8. The van der Waals surface area contributed by atoms with Crippen molar-refractivity contribution in [2.45, 2.75) is 32.6 Å². The molecule has 12 rings (SSSR count). The van der Waals surface area contributed by atoms with E-state index in [-0.39, 0.29) is 21.1 Å². The summed E-state index contributed by atoms with van der Waals surface area (Å²) in [5.74, 6) is 2.02. The molecule has 5 aromatic heterocycles. The van der Waals surface area contributed by atoms with Gasteiger partial charge in [-0.05, 0) is 58.8 Å². The van der Waals surface area contributed by atoms with Gasteiger partial charge in [0.05, 0.1) is 22.1 Å². The van der Waals surface area contributed by atoms with E-state index in [1.807, 2.05) is 42.6 Å². The number of hydrogen-bond donors (Lipinski definition) is 0. The van der Waals surface area contributed by atoms with E-state index in [1.54, 1.807) is 0 Å². The molecule has 0 N–H and O–H groups in total. The van der Waals surface area contributed by atoms with Gasteiger partial charge in [-0.3, -0.25) is 8.97 Å². The summed E-state index contributed by atoms with van der Waals surface area (Å²) in [7, 11) is 0. The predicted octanol–water partition coefficient (Wildman–Crippen LogP) is 12.0. The number of imidazole rings is 2. The second kappa shape index (κ2) is 13.3. The van der Waals surface area contributed by atoms with Gasteiger partial charge >= 0.3 is 21.1 Å². The SMILES string of the molecule is Cc1c[c-]c(-n2c3nc(Oc4[c-]c(-c5cc6c(cn5)CCC6c5ccccc5)c5oc6c7ccccc7ccc6c5c4)ccc3n3c4ccccc4nc23)cc1C.[Pt+2]. The molecule has 1 aliphatic carbocycles. The van der Waals surface area contributed by atoms with Crippen molar-refractivity contribution in [1.29, 1.82) is 0 Å². The van der Waals surface area contributed by atoms with Crippen LogP contribution in [0.4, 0.5) is 0 Å². The van der Waals surface area contributed by atoms with Crippen LogP contribution >= 0.6 is 0 Å². The van der Waals surface area contributed by atoms with E-state index >= 15 is 0 Å². The van der Waals surface area contributed by atoms with Gasteiger partial charge in [0.25, 0.3) is 0 Å². The van der Waals surface area contributed by atoms with E-state index < -0.39 is 0 Å². The summed E-state index contributed by atoms with van der Waals surface area (Å²) in [5, 5.41) is 4.11. The zero-order valence-electron chi connectivity index (χ0n) is 31.6. The Morgan fingerprint density at radius 2 is 1.60 bits per heavy atom. The summed E-state index contributed by atoms with van der Waals surface area (Å²) in [6, 6.07) is 51.0. The van der Waals surface area contributed by atoms with Crippen LogP contribution in [0.2, 0.25) is 0 Å². The van der Waals surface area contributed by atoms with Crippen molar-refractivity contribution in [3.05, 3.63) is 174 Å². The second-order valence-corrected chi connectivity index (χ2v) is 15.1. The minimum atomic E-state index is 0. The number of pyridine rings is 2. The average molecular weight is 931 g/mol. The topological polar surface area (TPSA) is 70.4 Å². The standard InChI is InChI=1S/C50H33N5O2.Pt/c1-29-16-19-34(24-30(29)2)54-49-45(55-44-15-9-8-14-42(44)52-50(54)55)22-23-46(53-49)56-35-25-40-38-21-17-32-12-6-7-13-37(32)47(38)57-48(40)41(26-35)43-27-39-33(28-51-43)18-20-36(39)31-10-4-3-5-11-31;/h3-17,21-25,27-28,36H,18,20H2,1-2H3;/q-2;+2. The van der Waals surface area contributed by atoms with Crippen molar-refractivity contribution in [2.24, 2.45) is 0 Å². The Kier molecular flexibility index (Phi) is 7.92. The number of hydrogen-bond acceptors (Lipinski definition) is 5. The van der Waals surface area contributed by atoms with Gasteiger partial charge in [0, 0.05) is 34.7 Å². The monoisotopic (exact) mass is 930 g/mol. The Labute approximate surface area is 347 Å². The summed E-state index contributed by atoms with van der Waals surface area (Å²) in [6.07, 6.45) is 4.09. The third-order valence-electron chi connectivity index (χ3n) is 11.8. The molecule has 7 nitrogen and oxygen atoms in total. The van der Waals surface area contributed by atoms with E-state index in [0.717, 1.165) is 90.4 Å². The first-order valence-corrected chi connectivity index (χ1v) is 19.4. The smallest absolute Gasteiger partial charge is 0.500 e. The molecule has 8 heteroatoms. The molecule has 280 valence electrons. The summed E-state index contributed by atoms with van der Waals surface area (Å²) >= 11 is 0. The minimum Gasteiger partial charge on any atom is -0.500 e. The van der Waals surface area contributed by atoms with Crippen molar-refractivity contribution < 1.29 is 30.2 Å². The number of aromatic nitrogens is 5. The fourth-order valence-corrected chi connectivity index (χ4v) is 8.85. The van der Waals surface area contributed by atoms with Crippen molar-refractivity contribution >= 4 is 60.7 Å². The fourth-order valence-electron chi connectivity index (χ4n) is 8.85. The molecule has 0 saturated carbocycles. The van der Waals surface area contributed by atoms with Gasteiger partial charge in [0.15, 0.2) is 5.65 Å². The maximum absolute atomic E-state index is 6.83. The molecule has 0 aliphatic heterocycles. The molecule has 0 radical (unpaired) electrons. The van der Waals surface area contributed by atoms with Crippen LogP contribution in [0.25, 0.3) is 77.6 Å². The Morgan fingerprint density at radius 1 is 0.759 bits per heavy atom. The second-order valence-electron chi connectivity index (χ2n) is 15.1. The first-order valence-electron chi connectivity index (χ1n) is 19.4. The van der Waals surface area contributed by atoms with Crippen molar-refractivity contribution in [3.63, 3.8) is 0 Å². The average Bonchev–Trinajstić information content (AvgIpc) is 4.02. The molecule has 5 heterocycles. The van der Waals surface area contributed by atoms with Crippen LogP contribution in [0.5, 0.6) is 11.6 Å². The van der Waals surface area contributed by atoms with Gasteiger partial charge in [-0.25, -0.2) is 4.98 Å². The quantitative estimate of drug-likeness (QED) is 0.161. The van der Waals surface area contributed by atoms with E-state index in [9.17, 15) is 0 Å². The molecule has 58 heavy (non-hydrogen) atoms. The van der Waals surface area contributed by atoms with Gasteiger partial charge < -0.3 is 14.1 Å². The van der Waals surface area contributed by atoms with Crippen LogP contribution in [0.1, 0.15) is 40.2 Å². The van der Waals surface area contributed by atoms with Gasteiger partial charge in [-0.15, -0.1) is 6.07 Å². The van der Waals surface area contributed by atoms with Crippen molar-refractivity contribution in [2.75, 3.05) is 0 Å². The van der Waals surface area contributed by atoms with Crippen molar-refractivity contribution in [3.8, 4) is 28.6 Å². The van der Waals surface area contributed by atoms with E-state index in [1.165, 1.54) is 22.3 Å². The van der Waals surface area contributed by atoms with Crippen LogP contribution in [0.3, 0.4) is 0 Å². The van der Waals surface area contributed by atoms with Crippen LogP contribution in [0.15, 0.2) is 138 Å². The molecule has 1 unspecified atom stereocenters. The molecule has 11 aromatic rings. The number of furan rings is 1. The first-order chi connectivity index (χ1) is 28.1. The fraction of sp³-hybridized carbons (Fsp3) is 0.100. The summed E-state index contributed by atoms with van der Waals surface area (Å²) in [4.78, 5) is 15.3. The Bertz CT molecular complexity index is 3440. The van der Waals surface area contributed by atoms with E-state index in [0.29, 0.717) is 23.2 Å². The molecular weight excluding hydrogens is 898 g/mol. The number of ether oxygens (including phenoxy) is 1. The van der Waals surface area contributed by atoms with Gasteiger partial charge in [-0.1, -0.05) is 128 Å². The summed E-state index contributed by atoms with van der Waals surface area (Å²) in [6.45, 7) is 4.21. The largest absolute Gasteiger partial charge is 2.00 e. The number of benzene rings is 6. The molecule has 1 atom stereocenters. The first kappa shape index (κ1) is 34.7. The number of para-hydroxylation sites is 2. The van der Waals surface area contributed by atoms with E-state index in [2.05, 4.69) is 126 Å². The third kappa shape index (κ3) is 5.26. The number of fused-ring (bicyclic) bond motifs is 11. The number of nitrogens with zero attached hydrogens (tertiary/aromatic N) is 5. The maximum Gasteiger partial charge on any atom is 2.00 e. The minimum absolute atomic E-state index is 0. The van der Waals surface area contributed by atoms with Gasteiger partial charge in [0.2, 0.25) is 11.7 Å². The van der Waals surface area contributed by atoms with Crippen LogP contribution in [0, 0.1) is 26.0 Å². The van der Waals surface area contributed by atoms with Gasteiger partial charge in [0.1, 0.15) is 5.58 Å². The van der Waals surface area contributed by atoms with Gasteiger partial charge in [-0.2, -0.15) is 28.2 Å². The molecule has 0 fully saturated rings. The Balaban J connectivity index is 0.00000385. The van der Waals surface area contributed by atoms with Crippen LogP contribution in [-0.2, 0) is 27.5 Å². The zero-order chi connectivity index (χ0) is 37.8. The predicted molar refractivity (Wildman–Crippen MR) is 226 cm³/mol. The summed E-state index contributed by atoms with van der Waals surface area (Å²) in [5.41, 5.74) is 13.8. The van der Waals surface area contributed by atoms with Crippen LogP contribution in [-0.4, -0.2) is 23.9 Å². The molecule has 1 aliphatic rings. The van der Waals surface area contributed by atoms with Crippen LogP contribution < -0.4 is 4.74 Å². The molecule has 0 spiro atoms. The number of rotatable bonds is 5. The zero-order valence-corrected chi connectivity index (χ0v) is 33.8. The van der Waals surface area contributed by atoms with E-state index in [4.69, 9.17) is 24.1 Å². The molecule has 0 saturated heterocycles. The normalized spacial score (nSPS) is 13.9. The third-order valence-corrected chi connectivity index (χ3v) is 11.8. The molecule has 0 bridgehead atoms. The maximum atomic E-state index is 6.83.